The van der Waals surface area contributed by atoms with Crippen LogP contribution in [0.5, 0.6) is 0 Å². The first-order chi connectivity index (χ1) is 13.8. The van der Waals surface area contributed by atoms with Crippen molar-refractivity contribution in [2.45, 2.75) is 30.4 Å². The molecule has 1 N–H and O–H groups in total. The van der Waals surface area contributed by atoms with Crippen LogP contribution in [0, 0.1) is 5.92 Å². The molecule has 0 aliphatic carbocycles. The highest BCUT2D eigenvalue weighted by atomic mass is 35.5. The van der Waals surface area contributed by atoms with E-state index in [2.05, 4.69) is 9.71 Å². The van der Waals surface area contributed by atoms with E-state index in [0.29, 0.717) is 33.4 Å². The van der Waals surface area contributed by atoms with E-state index in [1.165, 1.54) is 11.8 Å². The van der Waals surface area contributed by atoms with Crippen LogP contribution < -0.4 is 10.3 Å². The van der Waals surface area contributed by atoms with Crippen molar-refractivity contribution in [3.05, 3.63) is 63.9 Å². The maximum Gasteiger partial charge on any atom is 0.262 e. The van der Waals surface area contributed by atoms with Crippen LogP contribution in [0.1, 0.15) is 13.8 Å². The lowest BCUT2D eigenvalue weighted by Crippen LogP contribution is -2.27. The van der Waals surface area contributed by atoms with Crippen molar-refractivity contribution in [3.8, 4) is 0 Å². The van der Waals surface area contributed by atoms with E-state index in [1.807, 2.05) is 13.8 Å². The number of hydrogen-bond acceptors (Lipinski definition) is 5. The van der Waals surface area contributed by atoms with Gasteiger partial charge in [-0.05, 0) is 36.2 Å². The van der Waals surface area contributed by atoms with Gasteiger partial charge in [0.15, 0.2) is 5.16 Å². The minimum atomic E-state index is -3.56. The number of nitrogens with one attached hydrogen (secondary N) is 1. The van der Waals surface area contributed by atoms with Gasteiger partial charge >= 0.3 is 0 Å². The molecule has 1 aromatic heterocycles. The zero-order chi connectivity index (χ0) is 21.0. The Balaban J connectivity index is 1.78. The van der Waals surface area contributed by atoms with E-state index >= 15 is 0 Å². The van der Waals surface area contributed by atoms with E-state index < -0.39 is 10.0 Å². The van der Waals surface area contributed by atoms with E-state index in [4.69, 9.17) is 11.6 Å². The molecular weight excluding hydrogens is 430 g/mol. The number of halogens is 1. The van der Waals surface area contributed by atoms with Crippen molar-refractivity contribution >= 4 is 44.3 Å². The fraction of sp³-hybridized carbons (Fsp3) is 0.300. The van der Waals surface area contributed by atoms with Crippen molar-refractivity contribution in [3.63, 3.8) is 0 Å². The first-order valence-corrected chi connectivity index (χ1v) is 12.0. The molecule has 154 valence electrons. The van der Waals surface area contributed by atoms with Gasteiger partial charge in [-0.25, -0.2) is 18.1 Å². The van der Waals surface area contributed by atoms with Gasteiger partial charge in [-0.3, -0.25) is 9.36 Å². The summed E-state index contributed by atoms with van der Waals surface area (Å²) in [6.07, 6.45) is 0. The Bertz CT molecular complexity index is 1160. The lowest BCUT2D eigenvalue weighted by molar-refractivity contribution is 0.475. The molecule has 29 heavy (non-hydrogen) atoms. The summed E-state index contributed by atoms with van der Waals surface area (Å²) in [5.41, 5.74) is 0.435. The molecule has 0 bridgehead atoms. The Morgan fingerprint density at radius 3 is 2.59 bits per heavy atom. The van der Waals surface area contributed by atoms with Crippen LogP contribution in [0.25, 0.3) is 10.9 Å². The number of thioether (sulfide) groups is 1. The second-order valence-corrected chi connectivity index (χ2v) is 10.2. The van der Waals surface area contributed by atoms with Crippen LogP contribution in [-0.4, -0.2) is 30.3 Å². The number of benzene rings is 2. The minimum absolute atomic E-state index is 0.140. The molecule has 0 amide bonds. The molecule has 0 saturated heterocycles. The van der Waals surface area contributed by atoms with Gasteiger partial charge in [0.2, 0.25) is 10.0 Å². The second-order valence-electron chi connectivity index (χ2n) is 6.92. The zero-order valence-corrected chi connectivity index (χ0v) is 18.5. The fourth-order valence-corrected chi connectivity index (χ4v) is 5.03. The van der Waals surface area contributed by atoms with Gasteiger partial charge in [0, 0.05) is 23.9 Å². The molecule has 6 nitrogen and oxygen atoms in total. The molecule has 3 rings (SSSR count). The quantitative estimate of drug-likeness (QED) is 0.320. The maximum absolute atomic E-state index is 13.0. The summed E-state index contributed by atoms with van der Waals surface area (Å²) in [5, 5.41) is 1.54. The molecule has 0 atom stereocenters. The van der Waals surface area contributed by atoms with Gasteiger partial charge in [-0.15, -0.1) is 0 Å². The van der Waals surface area contributed by atoms with Crippen LogP contribution in [0.15, 0.2) is 63.4 Å². The van der Waals surface area contributed by atoms with Gasteiger partial charge in [-0.1, -0.05) is 55.4 Å². The average molecular weight is 452 g/mol. The summed E-state index contributed by atoms with van der Waals surface area (Å²) in [6.45, 7) is 4.79. The van der Waals surface area contributed by atoms with E-state index in [1.54, 1.807) is 53.1 Å². The molecular formula is C20H22ClN3O3S2. The third kappa shape index (κ3) is 5.39. The monoisotopic (exact) mass is 451 g/mol. The highest BCUT2D eigenvalue weighted by Gasteiger charge is 2.15. The molecule has 0 spiro atoms. The van der Waals surface area contributed by atoms with E-state index in [-0.39, 0.29) is 22.9 Å². The Hall–Kier alpha value is -1.87. The summed E-state index contributed by atoms with van der Waals surface area (Å²) < 4.78 is 28.8. The molecule has 0 unspecified atom stereocenters. The summed E-state index contributed by atoms with van der Waals surface area (Å²) >= 11 is 7.39. The first kappa shape index (κ1) is 21.8. The smallest absolute Gasteiger partial charge is 0.262 e. The predicted molar refractivity (Wildman–Crippen MR) is 118 cm³/mol. The van der Waals surface area contributed by atoms with Crippen molar-refractivity contribution in [2.24, 2.45) is 5.92 Å². The van der Waals surface area contributed by atoms with Crippen LogP contribution in [0.2, 0.25) is 5.02 Å². The van der Waals surface area contributed by atoms with Gasteiger partial charge < -0.3 is 0 Å². The standard InChI is InChI=1S/C20H22ClN3O3S2/c1-14(2)13-24-19(25)17-12-15(21)8-9-18(17)23-20(24)28-11-10-22-29(26,27)16-6-4-3-5-7-16/h3-9,12,14,22H,10-11,13H2,1-2H3. The van der Waals surface area contributed by atoms with Crippen LogP contribution in [-0.2, 0) is 16.6 Å². The van der Waals surface area contributed by atoms with Gasteiger partial charge in [0.05, 0.1) is 15.8 Å². The molecule has 9 heteroatoms. The van der Waals surface area contributed by atoms with Crippen LogP contribution in [0.3, 0.4) is 0 Å². The Morgan fingerprint density at radius 2 is 1.90 bits per heavy atom. The Kier molecular flexibility index (Phi) is 7.00. The number of rotatable bonds is 8. The topological polar surface area (TPSA) is 81.1 Å². The molecule has 0 radical (unpaired) electrons. The average Bonchev–Trinajstić information content (AvgIpc) is 2.69. The third-order valence-corrected chi connectivity index (χ3v) is 6.80. The molecule has 2 aromatic carbocycles. The lowest BCUT2D eigenvalue weighted by atomic mass is 10.2. The van der Waals surface area contributed by atoms with Crippen LogP contribution >= 0.6 is 23.4 Å². The second kappa shape index (κ2) is 9.30. The lowest BCUT2D eigenvalue weighted by Gasteiger charge is -2.15. The SMILES string of the molecule is CC(C)Cn1c(SCCNS(=O)(=O)c2ccccc2)nc2ccc(Cl)cc2c1=O. The Labute approximate surface area is 179 Å². The van der Waals surface area contributed by atoms with Crippen molar-refractivity contribution in [1.82, 2.24) is 14.3 Å². The highest BCUT2D eigenvalue weighted by molar-refractivity contribution is 7.99. The molecule has 3 aromatic rings. The number of nitrogens with zero attached hydrogens (tertiary/aromatic N) is 2. The number of aromatic nitrogens is 2. The summed E-state index contributed by atoms with van der Waals surface area (Å²) in [7, 11) is -3.56. The molecule has 0 fully saturated rings. The summed E-state index contributed by atoms with van der Waals surface area (Å²) in [6, 6.07) is 13.3. The fourth-order valence-electron chi connectivity index (χ4n) is 2.81. The van der Waals surface area contributed by atoms with E-state index in [0.717, 1.165) is 0 Å². The predicted octanol–water partition coefficient (Wildman–Crippen LogP) is 3.78. The molecule has 0 saturated carbocycles. The van der Waals surface area contributed by atoms with Gasteiger partial charge in [0.25, 0.3) is 5.56 Å². The van der Waals surface area contributed by atoms with Crippen molar-refractivity contribution in [2.75, 3.05) is 12.3 Å². The molecule has 0 aliphatic rings. The van der Waals surface area contributed by atoms with Crippen LogP contribution in [0.4, 0.5) is 0 Å². The zero-order valence-electron chi connectivity index (χ0n) is 16.1. The number of sulfonamides is 1. The number of hydrogen-bond donors (Lipinski definition) is 1. The van der Waals surface area contributed by atoms with Crippen molar-refractivity contribution in [1.29, 1.82) is 0 Å². The molecule has 0 aliphatic heterocycles. The van der Waals surface area contributed by atoms with Crippen molar-refractivity contribution < 1.29 is 8.42 Å². The normalized spacial score (nSPS) is 12.0. The molecule has 1 heterocycles. The summed E-state index contributed by atoms with van der Waals surface area (Å²) in [4.78, 5) is 17.8. The maximum atomic E-state index is 13.0. The Morgan fingerprint density at radius 1 is 1.17 bits per heavy atom. The highest BCUT2D eigenvalue weighted by Crippen LogP contribution is 2.21. The number of fused-ring (bicyclic) bond motifs is 1. The summed E-state index contributed by atoms with van der Waals surface area (Å²) in [5.74, 6) is 0.692. The van der Waals surface area contributed by atoms with Gasteiger partial charge in [0.1, 0.15) is 0 Å². The largest absolute Gasteiger partial charge is 0.287 e. The minimum Gasteiger partial charge on any atom is -0.287 e. The van der Waals surface area contributed by atoms with E-state index in [9.17, 15) is 13.2 Å². The van der Waals surface area contributed by atoms with Gasteiger partial charge in [-0.2, -0.15) is 0 Å². The third-order valence-electron chi connectivity index (χ3n) is 4.11. The first-order valence-electron chi connectivity index (χ1n) is 9.15.